The van der Waals surface area contributed by atoms with E-state index in [0.29, 0.717) is 0 Å². The van der Waals surface area contributed by atoms with Gasteiger partial charge in [0.25, 0.3) is 0 Å². The number of hydrogen-bond acceptors (Lipinski definition) is 0. The minimum absolute atomic E-state index is 1.08. The molecule has 0 aliphatic carbocycles. The molecule has 0 atom stereocenters. The standard InChI is InChI=1S/C13H16/c1-10(2)9-12(4)13-7-5-11(3)6-8-13/h5-9H,4H2,1-3H3. The van der Waals surface area contributed by atoms with Gasteiger partial charge >= 0.3 is 0 Å². The monoisotopic (exact) mass is 172 g/mol. The molecule has 0 fully saturated rings. The Balaban J connectivity index is 2.90. The molecular formula is C13H16. The predicted molar refractivity (Wildman–Crippen MR) is 59.6 cm³/mol. The number of aryl methyl sites for hydroxylation is 1. The lowest BCUT2D eigenvalue weighted by Gasteiger charge is -2.01. The Kier molecular flexibility index (Phi) is 3.07. The van der Waals surface area contributed by atoms with Crippen molar-refractivity contribution in [1.82, 2.24) is 0 Å². The molecule has 1 rings (SSSR count). The van der Waals surface area contributed by atoms with Crippen molar-refractivity contribution in [3.63, 3.8) is 0 Å². The maximum atomic E-state index is 4.02. The fourth-order valence-corrected chi connectivity index (χ4v) is 1.20. The second-order valence-corrected chi connectivity index (χ2v) is 3.61. The van der Waals surface area contributed by atoms with E-state index in [-0.39, 0.29) is 0 Å². The summed E-state index contributed by atoms with van der Waals surface area (Å²) in [5, 5.41) is 0. The lowest BCUT2D eigenvalue weighted by atomic mass is 10.0. The van der Waals surface area contributed by atoms with Crippen molar-refractivity contribution in [2.75, 3.05) is 0 Å². The molecule has 0 saturated carbocycles. The summed E-state index contributed by atoms with van der Waals surface area (Å²) in [6, 6.07) is 8.44. The lowest BCUT2D eigenvalue weighted by molar-refractivity contribution is 1.39. The summed E-state index contributed by atoms with van der Waals surface area (Å²) in [6.45, 7) is 10.3. The van der Waals surface area contributed by atoms with Crippen molar-refractivity contribution in [3.05, 3.63) is 53.6 Å². The highest BCUT2D eigenvalue weighted by molar-refractivity contribution is 5.72. The molecule has 0 aliphatic rings. The van der Waals surface area contributed by atoms with Gasteiger partial charge in [-0.3, -0.25) is 0 Å². The zero-order chi connectivity index (χ0) is 9.84. The Labute approximate surface area is 80.6 Å². The van der Waals surface area contributed by atoms with Gasteiger partial charge in [0, 0.05) is 0 Å². The first-order valence-electron chi connectivity index (χ1n) is 4.50. The van der Waals surface area contributed by atoms with Crippen LogP contribution in [0.25, 0.3) is 5.57 Å². The summed E-state index contributed by atoms with van der Waals surface area (Å²) >= 11 is 0. The van der Waals surface area contributed by atoms with Gasteiger partial charge in [0.15, 0.2) is 0 Å². The third-order valence-electron chi connectivity index (χ3n) is 1.89. The highest BCUT2D eigenvalue weighted by atomic mass is 14.0. The van der Waals surface area contributed by atoms with Crippen LogP contribution in [0.4, 0.5) is 0 Å². The lowest BCUT2D eigenvalue weighted by Crippen LogP contribution is -1.80. The van der Waals surface area contributed by atoms with Crippen molar-refractivity contribution in [2.24, 2.45) is 0 Å². The predicted octanol–water partition coefficient (Wildman–Crippen LogP) is 3.97. The fourth-order valence-electron chi connectivity index (χ4n) is 1.20. The van der Waals surface area contributed by atoms with Crippen molar-refractivity contribution in [2.45, 2.75) is 20.8 Å². The molecule has 0 nitrogen and oxygen atoms in total. The molecule has 0 N–H and O–H groups in total. The summed E-state index contributed by atoms with van der Waals surface area (Å²) < 4.78 is 0. The third kappa shape index (κ3) is 2.90. The van der Waals surface area contributed by atoms with Crippen LogP contribution in [-0.2, 0) is 0 Å². The summed E-state index contributed by atoms with van der Waals surface area (Å²) in [4.78, 5) is 0. The minimum atomic E-state index is 1.08. The van der Waals surface area contributed by atoms with Crippen LogP contribution in [0.3, 0.4) is 0 Å². The first-order chi connectivity index (χ1) is 6.09. The fraction of sp³-hybridized carbons (Fsp3) is 0.231. The number of rotatable bonds is 2. The van der Waals surface area contributed by atoms with Gasteiger partial charge in [-0.2, -0.15) is 0 Å². The van der Waals surface area contributed by atoms with Crippen LogP contribution in [0.15, 0.2) is 42.5 Å². The highest BCUT2D eigenvalue weighted by Gasteiger charge is 1.94. The Morgan fingerprint density at radius 3 is 2.15 bits per heavy atom. The van der Waals surface area contributed by atoms with Gasteiger partial charge in [0.05, 0.1) is 0 Å². The second-order valence-electron chi connectivity index (χ2n) is 3.61. The van der Waals surface area contributed by atoms with E-state index >= 15 is 0 Å². The van der Waals surface area contributed by atoms with E-state index in [1.54, 1.807) is 0 Å². The molecule has 0 amide bonds. The van der Waals surface area contributed by atoms with Crippen LogP contribution >= 0.6 is 0 Å². The van der Waals surface area contributed by atoms with Crippen LogP contribution < -0.4 is 0 Å². The Hall–Kier alpha value is -1.30. The summed E-state index contributed by atoms with van der Waals surface area (Å²) in [5.41, 5.74) is 4.85. The van der Waals surface area contributed by atoms with E-state index in [9.17, 15) is 0 Å². The summed E-state index contributed by atoms with van der Waals surface area (Å²) in [5.74, 6) is 0. The summed E-state index contributed by atoms with van der Waals surface area (Å²) in [6.07, 6.45) is 2.10. The molecule has 0 radical (unpaired) electrons. The molecule has 0 heteroatoms. The quantitative estimate of drug-likeness (QED) is 0.592. The zero-order valence-corrected chi connectivity index (χ0v) is 8.59. The normalized spacial score (nSPS) is 9.46. The van der Waals surface area contributed by atoms with Gasteiger partial charge in [-0.25, -0.2) is 0 Å². The topological polar surface area (TPSA) is 0 Å². The third-order valence-corrected chi connectivity index (χ3v) is 1.89. The summed E-state index contributed by atoms with van der Waals surface area (Å²) in [7, 11) is 0. The van der Waals surface area contributed by atoms with E-state index in [1.807, 2.05) is 0 Å². The van der Waals surface area contributed by atoms with Crippen LogP contribution in [0.5, 0.6) is 0 Å². The molecule has 1 aromatic rings. The Morgan fingerprint density at radius 2 is 1.69 bits per heavy atom. The minimum Gasteiger partial charge on any atom is -0.0912 e. The largest absolute Gasteiger partial charge is 0.0912 e. The van der Waals surface area contributed by atoms with Gasteiger partial charge in [-0.1, -0.05) is 48.1 Å². The molecule has 0 spiro atoms. The average molecular weight is 172 g/mol. The van der Waals surface area contributed by atoms with Crippen LogP contribution in [0.2, 0.25) is 0 Å². The molecular weight excluding hydrogens is 156 g/mol. The maximum absolute atomic E-state index is 4.02. The van der Waals surface area contributed by atoms with E-state index in [2.05, 4.69) is 57.7 Å². The molecule has 0 aromatic heterocycles. The zero-order valence-electron chi connectivity index (χ0n) is 8.59. The number of hydrogen-bond donors (Lipinski definition) is 0. The van der Waals surface area contributed by atoms with Crippen molar-refractivity contribution < 1.29 is 0 Å². The van der Waals surface area contributed by atoms with E-state index in [4.69, 9.17) is 0 Å². The molecule has 0 heterocycles. The molecule has 68 valence electrons. The van der Waals surface area contributed by atoms with Crippen LogP contribution in [0.1, 0.15) is 25.0 Å². The van der Waals surface area contributed by atoms with Gasteiger partial charge < -0.3 is 0 Å². The number of allylic oxidation sites excluding steroid dienone is 3. The van der Waals surface area contributed by atoms with Crippen LogP contribution in [0, 0.1) is 6.92 Å². The second kappa shape index (κ2) is 4.08. The van der Waals surface area contributed by atoms with E-state index in [1.165, 1.54) is 16.7 Å². The van der Waals surface area contributed by atoms with Gasteiger partial charge in [0.2, 0.25) is 0 Å². The molecule has 13 heavy (non-hydrogen) atoms. The average Bonchev–Trinajstić information content (AvgIpc) is 2.04. The van der Waals surface area contributed by atoms with Crippen molar-refractivity contribution in [3.8, 4) is 0 Å². The van der Waals surface area contributed by atoms with E-state index < -0.39 is 0 Å². The van der Waals surface area contributed by atoms with Gasteiger partial charge in [-0.15, -0.1) is 0 Å². The Bertz CT molecular complexity index is 322. The molecule has 0 saturated heterocycles. The maximum Gasteiger partial charge on any atom is -0.0190 e. The van der Waals surface area contributed by atoms with Crippen LogP contribution in [-0.4, -0.2) is 0 Å². The van der Waals surface area contributed by atoms with Crippen molar-refractivity contribution in [1.29, 1.82) is 0 Å². The smallest absolute Gasteiger partial charge is 0.0190 e. The Morgan fingerprint density at radius 1 is 1.15 bits per heavy atom. The van der Waals surface area contributed by atoms with Gasteiger partial charge in [0.1, 0.15) is 0 Å². The molecule has 0 unspecified atom stereocenters. The molecule has 0 aliphatic heterocycles. The SMILES string of the molecule is C=C(C=C(C)C)c1ccc(C)cc1. The number of benzene rings is 1. The first kappa shape index (κ1) is 9.79. The molecule has 0 bridgehead atoms. The molecule has 1 aromatic carbocycles. The van der Waals surface area contributed by atoms with Crippen molar-refractivity contribution >= 4 is 5.57 Å². The van der Waals surface area contributed by atoms with Gasteiger partial charge in [-0.05, 0) is 31.9 Å². The van der Waals surface area contributed by atoms with E-state index in [0.717, 1.165) is 5.57 Å². The highest BCUT2D eigenvalue weighted by Crippen LogP contribution is 2.15. The first-order valence-corrected chi connectivity index (χ1v) is 4.50.